The molecule has 0 aliphatic rings. The maximum absolute atomic E-state index is 10.2. The summed E-state index contributed by atoms with van der Waals surface area (Å²) in [5, 5.41) is 13.8. The Morgan fingerprint density at radius 2 is 2.10 bits per heavy atom. The molecule has 20 heavy (non-hydrogen) atoms. The van der Waals surface area contributed by atoms with Gasteiger partial charge in [-0.25, -0.2) is 15.0 Å². The van der Waals surface area contributed by atoms with Crippen molar-refractivity contribution in [3.05, 3.63) is 47.5 Å². The SMILES string of the molecule is OC(CNc1ncnc2nc[nH]c12)c1ccccc1Cl. The number of aliphatic hydroxyl groups excluding tert-OH is 1. The second-order valence-corrected chi connectivity index (χ2v) is 4.65. The Balaban J connectivity index is 1.76. The number of hydrogen-bond acceptors (Lipinski definition) is 5. The molecule has 0 aliphatic heterocycles. The summed E-state index contributed by atoms with van der Waals surface area (Å²) in [6, 6.07) is 7.20. The first-order chi connectivity index (χ1) is 9.75. The zero-order chi connectivity index (χ0) is 13.9. The maximum atomic E-state index is 10.2. The average molecular weight is 290 g/mol. The van der Waals surface area contributed by atoms with Crippen LogP contribution in [-0.4, -0.2) is 31.6 Å². The van der Waals surface area contributed by atoms with Crippen LogP contribution in [0.1, 0.15) is 11.7 Å². The molecule has 0 amide bonds. The van der Waals surface area contributed by atoms with E-state index in [9.17, 15) is 5.11 Å². The van der Waals surface area contributed by atoms with Gasteiger partial charge >= 0.3 is 0 Å². The van der Waals surface area contributed by atoms with Gasteiger partial charge in [0.1, 0.15) is 11.8 Å². The van der Waals surface area contributed by atoms with Crippen LogP contribution >= 0.6 is 11.6 Å². The van der Waals surface area contributed by atoms with Crippen LogP contribution < -0.4 is 5.32 Å². The molecule has 1 unspecified atom stereocenters. The molecule has 2 heterocycles. The number of aromatic amines is 1. The van der Waals surface area contributed by atoms with Crippen LogP contribution in [0.3, 0.4) is 0 Å². The normalized spacial score (nSPS) is 12.5. The van der Waals surface area contributed by atoms with E-state index in [1.807, 2.05) is 12.1 Å². The van der Waals surface area contributed by atoms with E-state index >= 15 is 0 Å². The molecule has 102 valence electrons. The third-order valence-electron chi connectivity index (χ3n) is 2.95. The van der Waals surface area contributed by atoms with Crippen molar-refractivity contribution in [2.24, 2.45) is 0 Å². The molecule has 0 bridgehead atoms. The summed E-state index contributed by atoms with van der Waals surface area (Å²) in [5.41, 5.74) is 1.96. The minimum Gasteiger partial charge on any atom is -0.387 e. The summed E-state index contributed by atoms with van der Waals surface area (Å²) in [7, 11) is 0. The number of aliphatic hydroxyl groups is 1. The van der Waals surface area contributed by atoms with Crippen LogP contribution in [-0.2, 0) is 0 Å². The molecule has 7 heteroatoms. The number of rotatable bonds is 4. The van der Waals surface area contributed by atoms with E-state index in [1.54, 1.807) is 18.5 Å². The van der Waals surface area contributed by atoms with Gasteiger partial charge in [0, 0.05) is 17.1 Å². The van der Waals surface area contributed by atoms with E-state index in [4.69, 9.17) is 11.6 Å². The molecule has 1 atom stereocenters. The van der Waals surface area contributed by atoms with Crippen molar-refractivity contribution in [3.63, 3.8) is 0 Å². The summed E-state index contributed by atoms with van der Waals surface area (Å²) in [4.78, 5) is 15.2. The summed E-state index contributed by atoms with van der Waals surface area (Å²) in [6.07, 6.45) is 2.25. The quantitative estimate of drug-likeness (QED) is 0.685. The van der Waals surface area contributed by atoms with Gasteiger partial charge < -0.3 is 15.4 Å². The van der Waals surface area contributed by atoms with Crippen molar-refractivity contribution < 1.29 is 5.11 Å². The van der Waals surface area contributed by atoms with Gasteiger partial charge in [0.05, 0.1) is 12.4 Å². The topological polar surface area (TPSA) is 86.7 Å². The van der Waals surface area contributed by atoms with Crippen LogP contribution in [0.25, 0.3) is 11.2 Å². The second kappa shape index (κ2) is 5.44. The third-order valence-corrected chi connectivity index (χ3v) is 3.29. The van der Waals surface area contributed by atoms with E-state index in [0.29, 0.717) is 27.6 Å². The van der Waals surface area contributed by atoms with Crippen molar-refractivity contribution in [3.8, 4) is 0 Å². The fourth-order valence-corrected chi connectivity index (χ4v) is 2.21. The number of hydrogen-bond donors (Lipinski definition) is 3. The zero-order valence-electron chi connectivity index (χ0n) is 10.4. The van der Waals surface area contributed by atoms with Gasteiger partial charge in [-0.1, -0.05) is 29.8 Å². The van der Waals surface area contributed by atoms with Gasteiger partial charge in [-0.15, -0.1) is 0 Å². The lowest BCUT2D eigenvalue weighted by atomic mass is 10.1. The molecule has 3 rings (SSSR count). The van der Waals surface area contributed by atoms with Crippen molar-refractivity contribution in [1.82, 2.24) is 19.9 Å². The zero-order valence-corrected chi connectivity index (χ0v) is 11.2. The van der Waals surface area contributed by atoms with Gasteiger partial charge in [0.2, 0.25) is 0 Å². The summed E-state index contributed by atoms with van der Waals surface area (Å²) < 4.78 is 0. The highest BCUT2D eigenvalue weighted by Crippen LogP contribution is 2.23. The number of anilines is 1. The summed E-state index contributed by atoms with van der Waals surface area (Å²) in [6.45, 7) is 0.287. The van der Waals surface area contributed by atoms with Crippen LogP contribution in [0.15, 0.2) is 36.9 Å². The standard InChI is InChI=1S/C13H12ClN5O/c14-9-4-2-1-3-8(9)10(20)5-15-12-11-13(17-6-16-11)19-7-18-12/h1-4,6-7,10,20H,5H2,(H2,15,16,17,18,19). The van der Waals surface area contributed by atoms with Crippen LogP contribution in [0.4, 0.5) is 5.82 Å². The predicted molar refractivity (Wildman–Crippen MR) is 76.6 cm³/mol. The molecule has 0 radical (unpaired) electrons. The molecule has 0 spiro atoms. The van der Waals surface area contributed by atoms with Gasteiger partial charge in [0.25, 0.3) is 0 Å². The fourth-order valence-electron chi connectivity index (χ4n) is 1.95. The molecular weight excluding hydrogens is 278 g/mol. The van der Waals surface area contributed by atoms with Crippen LogP contribution in [0.2, 0.25) is 5.02 Å². The second-order valence-electron chi connectivity index (χ2n) is 4.24. The van der Waals surface area contributed by atoms with Crippen molar-refractivity contribution in [2.75, 3.05) is 11.9 Å². The van der Waals surface area contributed by atoms with Crippen LogP contribution in [0, 0.1) is 0 Å². The summed E-state index contributed by atoms with van der Waals surface area (Å²) in [5.74, 6) is 0.596. The molecule has 0 aliphatic carbocycles. The fraction of sp³-hybridized carbons (Fsp3) is 0.154. The molecule has 2 aromatic heterocycles. The first-order valence-corrected chi connectivity index (χ1v) is 6.44. The van der Waals surface area contributed by atoms with Gasteiger partial charge in [-0.3, -0.25) is 0 Å². The van der Waals surface area contributed by atoms with Gasteiger partial charge in [-0.05, 0) is 6.07 Å². The Bertz CT molecular complexity index is 729. The largest absolute Gasteiger partial charge is 0.387 e. The highest BCUT2D eigenvalue weighted by molar-refractivity contribution is 6.31. The highest BCUT2D eigenvalue weighted by atomic mass is 35.5. The molecule has 1 aromatic carbocycles. The molecular formula is C13H12ClN5O. The lowest BCUT2D eigenvalue weighted by Crippen LogP contribution is -2.13. The van der Waals surface area contributed by atoms with E-state index < -0.39 is 6.10 Å². The number of benzene rings is 1. The first kappa shape index (κ1) is 12.8. The number of imidazole rings is 1. The molecule has 6 nitrogen and oxygen atoms in total. The molecule has 0 saturated heterocycles. The number of halogens is 1. The highest BCUT2D eigenvalue weighted by Gasteiger charge is 2.12. The Morgan fingerprint density at radius 1 is 1.25 bits per heavy atom. The lowest BCUT2D eigenvalue weighted by molar-refractivity contribution is 0.191. The third kappa shape index (κ3) is 2.43. The minimum absolute atomic E-state index is 0.287. The average Bonchev–Trinajstić information content (AvgIpc) is 2.94. The van der Waals surface area contributed by atoms with E-state index in [2.05, 4.69) is 25.3 Å². The Kier molecular flexibility index (Phi) is 3.49. The smallest absolute Gasteiger partial charge is 0.182 e. The molecule has 0 saturated carbocycles. The monoisotopic (exact) mass is 289 g/mol. The van der Waals surface area contributed by atoms with Gasteiger partial charge in [-0.2, -0.15) is 0 Å². The molecule has 3 aromatic rings. The van der Waals surface area contributed by atoms with Crippen molar-refractivity contribution in [1.29, 1.82) is 0 Å². The number of nitrogens with one attached hydrogen (secondary N) is 2. The molecule has 0 fully saturated rings. The van der Waals surface area contributed by atoms with E-state index in [0.717, 1.165) is 0 Å². The van der Waals surface area contributed by atoms with E-state index in [1.165, 1.54) is 6.33 Å². The minimum atomic E-state index is -0.725. The Morgan fingerprint density at radius 3 is 2.95 bits per heavy atom. The summed E-state index contributed by atoms with van der Waals surface area (Å²) >= 11 is 6.05. The first-order valence-electron chi connectivity index (χ1n) is 6.06. The van der Waals surface area contributed by atoms with Gasteiger partial charge in [0.15, 0.2) is 11.5 Å². The number of aromatic nitrogens is 4. The van der Waals surface area contributed by atoms with Crippen molar-refractivity contribution in [2.45, 2.75) is 6.10 Å². The number of nitrogens with zero attached hydrogens (tertiary/aromatic N) is 3. The van der Waals surface area contributed by atoms with E-state index in [-0.39, 0.29) is 6.54 Å². The predicted octanol–water partition coefficient (Wildman–Crippen LogP) is 2.15. The maximum Gasteiger partial charge on any atom is 0.182 e. The van der Waals surface area contributed by atoms with Crippen molar-refractivity contribution >= 4 is 28.6 Å². The lowest BCUT2D eigenvalue weighted by Gasteiger charge is -2.14. The Hall–Kier alpha value is -2.18. The number of H-pyrrole nitrogens is 1. The molecule has 3 N–H and O–H groups in total. The number of fused-ring (bicyclic) bond motifs is 1. The van der Waals surface area contributed by atoms with Crippen LogP contribution in [0.5, 0.6) is 0 Å². The Labute approximate surface area is 119 Å².